The van der Waals surface area contributed by atoms with Gasteiger partial charge < -0.3 is 10.4 Å². The lowest BCUT2D eigenvalue weighted by molar-refractivity contribution is 0.0240. The third-order valence-electron chi connectivity index (χ3n) is 2.70. The normalized spacial score (nSPS) is 15.1. The number of rotatable bonds is 7. The Hall–Kier alpha value is -0.970. The molecule has 0 saturated heterocycles. The van der Waals surface area contributed by atoms with E-state index in [2.05, 4.69) is 29.0 Å². The van der Waals surface area contributed by atoms with E-state index in [-0.39, 0.29) is 0 Å². The maximum atomic E-state index is 10.3. The molecule has 2 N–H and O–H groups in total. The lowest BCUT2D eigenvalue weighted by Gasteiger charge is -2.30. The Morgan fingerprint density at radius 1 is 1.39 bits per heavy atom. The highest BCUT2D eigenvalue weighted by Crippen LogP contribution is 2.08. The smallest absolute Gasteiger partial charge is 0.0869 e. The fourth-order valence-corrected chi connectivity index (χ4v) is 1.92. The molecule has 102 valence electrons. The fraction of sp³-hybridized carbons (Fsp3) is 0.643. The summed E-state index contributed by atoms with van der Waals surface area (Å²) in [6, 6.07) is 4.39. The monoisotopic (exact) mass is 251 g/mol. The first-order valence-corrected chi connectivity index (χ1v) is 6.42. The number of pyridine rings is 1. The molecular formula is C14H25N3O. The van der Waals surface area contributed by atoms with E-state index in [9.17, 15) is 5.11 Å². The van der Waals surface area contributed by atoms with Gasteiger partial charge in [-0.1, -0.05) is 13.8 Å². The largest absolute Gasteiger partial charge is 0.388 e. The van der Waals surface area contributed by atoms with Gasteiger partial charge in [-0.2, -0.15) is 0 Å². The Kier molecular flexibility index (Phi) is 5.72. The average molecular weight is 251 g/mol. The van der Waals surface area contributed by atoms with Crippen LogP contribution in [0.15, 0.2) is 24.5 Å². The van der Waals surface area contributed by atoms with E-state index in [1.807, 2.05) is 26.1 Å². The lowest BCUT2D eigenvalue weighted by Crippen LogP contribution is -2.47. The number of aromatic nitrogens is 1. The van der Waals surface area contributed by atoms with E-state index >= 15 is 0 Å². The van der Waals surface area contributed by atoms with E-state index in [0.29, 0.717) is 19.1 Å². The second kappa shape index (κ2) is 6.83. The molecule has 4 nitrogen and oxygen atoms in total. The molecule has 18 heavy (non-hydrogen) atoms. The van der Waals surface area contributed by atoms with Gasteiger partial charge in [-0.3, -0.25) is 9.88 Å². The van der Waals surface area contributed by atoms with Crippen LogP contribution in [0.4, 0.5) is 0 Å². The summed E-state index contributed by atoms with van der Waals surface area (Å²) >= 11 is 0. The average Bonchev–Trinajstić information content (AvgIpc) is 2.27. The van der Waals surface area contributed by atoms with Crippen LogP contribution >= 0.6 is 0 Å². The molecule has 0 aromatic carbocycles. The lowest BCUT2D eigenvalue weighted by atomic mass is 10.1. The number of nitrogens with zero attached hydrogens (tertiary/aromatic N) is 2. The van der Waals surface area contributed by atoms with Crippen molar-refractivity contribution in [1.82, 2.24) is 15.2 Å². The van der Waals surface area contributed by atoms with Crippen molar-refractivity contribution in [1.29, 1.82) is 0 Å². The minimum Gasteiger partial charge on any atom is -0.388 e. The van der Waals surface area contributed by atoms with Crippen molar-refractivity contribution in [3.05, 3.63) is 30.1 Å². The van der Waals surface area contributed by atoms with Gasteiger partial charge >= 0.3 is 0 Å². The SMILES string of the molecule is CC(C)NCC(C)(O)CN(C)Cc1ccncc1. The van der Waals surface area contributed by atoms with Crippen LogP contribution in [0.25, 0.3) is 0 Å². The van der Waals surface area contributed by atoms with Crippen molar-refractivity contribution in [3.8, 4) is 0 Å². The van der Waals surface area contributed by atoms with Gasteiger partial charge in [-0.25, -0.2) is 0 Å². The minimum absolute atomic E-state index is 0.391. The van der Waals surface area contributed by atoms with Gasteiger partial charge in [0, 0.05) is 38.1 Å². The van der Waals surface area contributed by atoms with Crippen molar-refractivity contribution in [2.75, 3.05) is 20.1 Å². The van der Waals surface area contributed by atoms with E-state index in [1.54, 1.807) is 12.4 Å². The molecule has 4 heteroatoms. The first-order chi connectivity index (χ1) is 8.39. The van der Waals surface area contributed by atoms with Crippen molar-refractivity contribution in [3.63, 3.8) is 0 Å². The van der Waals surface area contributed by atoms with E-state index in [1.165, 1.54) is 5.56 Å². The van der Waals surface area contributed by atoms with Crippen molar-refractivity contribution in [2.24, 2.45) is 0 Å². The van der Waals surface area contributed by atoms with E-state index in [4.69, 9.17) is 0 Å². The Morgan fingerprint density at radius 3 is 2.56 bits per heavy atom. The maximum Gasteiger partial charge on any atom is 0.0869 e. The van der Waals surface area contributed by atoms with Gasteiger partial charge in [0.1, 0.15) is 0 Å². The van der Waals surface area contributed by atoms with Gasteiger partial charge in [-0.15, -0.1) is 0 Å². The fourth-order valence-electron chi connectivity index (χ4n) is 1.92. The zero-order chi connectivity index (χ0) is 13.6. The van der Waals surface area contributed by atoms with Gasteiger partial charge in [0.2, 0.25) is 0 Å². The highest BCUT2D eigenvalue weighted by atomic mass is 16.3. The predicted molar refractivity (Wildman–Crippen MR) is 74.3 cm³/mol. The van der Waals surface area contributed by atoms with Gasteiger partial charge in [0.05, 0.1) is 5.60 Å². The number of aliphatic hydroxyl groups is 1. The quantitative estimate of drug-likeness (QED) is 0.766. The van der Waals surface area contributed by atoms with Crippen molar-refractivity contribution >= 4 is 0 Å². The highest BCUT2D eigenvalue weighted by molar-refractivity contribution is 5.09. The summed E-state index contributed by atoms with van der Waals surface area (Å²) in [5.41, 5.74) is 0.492. The number of likely N-dealkylation sites (N-methyl/N-ethyl adjacent to an activating group) is 1. The summed E-state index contributed by atoms with van der Waals surface area (Å²) in [4.78, 5) is 6.12. The Bertz CT molecular complexity index is 338. The summed E-state index contributed by atoms with van der Waals surface area (Å²) < 4.78 is 0. The van der Waals surface area contributed by atoms with E-state index < -0.39 is 5.60 Å². The molecule has 1 heterocycles. The minimum atomic E-state index is -0.716. The summed E-state index contributed by atoms with van der Waals surface area (Å²) in [5.74, 6) is 0. The van der Waals surface area contributed by atoms with Crippen LogP contribution in [0, 0.1) is 0 Å². The third kappa shape index (κ3) is 6.10. The zero-order valence-corrected chi connectivity index (χ0v) is 11.8. The Morgan fingerprint density at radius 2 is 2.00 bits per heavy atom. The van der Waals surface area contributed by atoms with Crippen LogP contribution in [-0.4, -0.2) is 46.8 Å². The van der Waals surface area contributed by atoms with Crippen LogP contribution in [-0.2, 0) is 6.54 Å². The highest BCUT2D eigenvalue weighted by Gasteiger charge is 2.22. The molecule has 1 unspecified atom stereocenters. The summed E-state index contributed by atoms with van der Waals surface area (Å²) in [7, 11) is 2.02. The number of hydrogen-bond donors (Lipinski definition) is 2. The summed E-state index contributed by atoms with van der Waals surface area (Å²) in [6.07, 6.45) is 3.59. The molecule has 0 aliphatic carbocycles. The number of hydrogen-bond acceptors (Lipinski definition) is 4. The van der Waals surface area contributed by atoms with Crippen LogP contribution in [0.3, 0.4) is 0 Å². The standard InChI is InChI=1S/C14H25N3O/c1-12(2)16-10-14(3,18)11-17(4)9-13-5-7-15-8-6-13/h5-8,12,16,18H,9-11H2,1-4H3. The molecule has 1 aromatic rings. The van der Waals surface area contributed by atoms with Crippen LogP contribution in [0.2, 0.25) is 0 Å². The molecule has 0 spiro atoms. The first-order valence-electron chi connectivity index (χ1n) is 6.42. The van der Waals surface area contributed by atoms with Crippen molar-refractivity contribution in [2.45, 2.75) is 39.0 Å². The Labute approximate surface area is 110 Å². The molecule has 0 aliphatic heterocycles. The molecule has 0 radical (unpaired) electrons. The second-order valence-corrected chi connectivity index (χ2v) is 5.56. The molecule has 1 rings (SSSR count). The molecule has 1 aromatic heterocycles. The molecular weight excluding hydrogens is 226 g/mol. The second-order valence-electron chi connectivity index (χ2n) is 5.56. The summed E-state index contributed by atoms with van der Waals surface area (Å²) in [5, 5.41) is 13.6. The van der Waals surface area contributed by atoms with Crippen LogP contribution in [0.5, 0.6) is 0 Å². The van der Waals surface area contributed by atoms with Crippen molar-refractivity contribution < 1.29 is 5.11 Å². The van der Waals surface area contributed by atoms with Gasteiger partial charge in [0.25, 0.3) is 0 Å². The first kappa shape index (κ1) is 15.1. The van der Waals surface area contributed by atoms with Gasteiger partial charge in [0.15, 0.2) is 0 Å². The Balaban J connectivity index is 2.41. The van der Waals surface area contributed by atoms with Gasteiger partial charge in [-0.05, 0) is 31.7 Å². The van der Waals surface area contributed by atoms with Crippen LogP contribution < -0.4 is 5.32 Å². The number of nitrogens with one attached hydrogen (secondary N) is 1. The van der Waals surface area contributed by atoms with Crippen LogP contribution in [0.1, 0.15) is 26.3 Å². The molecule has 1 atom stereocenters. The molecule has 0 bridgehead atoms. The predicted octanol–water partition coefficient (Wildman–Crippen LogP) is 1.26. The third-order valence-corrected chi connectivity index (χ3v) is 2.70. The van der Waals surface area contributed by atoms with E-state index in [0.717, 1.165) is 6.54 Å². The zero-order valence-electron chi connectivity index (χ0n) is 11.8. The molecule has 0 saturated carbocycles. The molecule has 0 fully saturated rings. The topological polar surface area (TPSA) is 48.4 Å². The molecule has 0 aliphatic rings. The maximum absolute atomic E-state index is 10.3. The molecule has 0 amide bonds. The summed E-state index contributed by atoms with van der Waals surface area (Å²) in [6.45, 7) is 8.08.